The lowest BCUT2D eigenvalue weighted by Crippen LogP contribution is -2.39. The summed E-state index contributed by atoms with van der Waals surface area (Å²) in [6, 6.07) is 0. The lowest BCUT2D eigenvalue weighted by atomic mass is 9.72. The minimum atomic E-state index is -0.175. The molecular weight excluding hydrogens is 290 g/mol. The molecule has 0 spiro atoms. The number of rotatable bonds is 3. The first kappa shape index (κ1) is 18.0. The van der Waals surface area contributed by atoms with Gasteiger partial charge in [0.2, 0.25) is 5.91 Å². The molecule has 0 radical (unpaired) electrons. The number of carbonyl (C=O) groups is 2. The number of carbonyl (C=O) groups excluding carboxylic acids is 2. The second kappa shape index (κ2) is 7.93. The van der Waals surface area contributed by atoms with Gasteiger partial charge in [-0.25, -0.2) is 5.43 Å². The fourth-order valence-electron chi connectivity index (χ4n) is 3.48. The van der Waals surface area contributed by atoms with Gasteiger partial charge in [-0.3, -0.25) is 9.59 Å². The van der Waals surface area contributed by atoms with E-state index in [4.69, 9.17) is 0 Å². The van der Waals surface area contributed by atoms with Gasteiger partial charge in [0.1, 0.15) is 6.54 Å². The number of nitrogens with zero attached hydrogens (tertiary/aromatic N) is 2. The molecule has 2 rings (SSSR count). The van der Waals surface area contributed by atoms with Gasteiger partial charge in [0.15, 0.2) is 0 Å². The third kappa shape index (κ3) is 5.63. The van der Waals surface area contributed by atoms with E-state index in [9.17, 15) is 9.59 Å². The monoisotopic (exact) mass is 321 g/mol. The molecule has 2 fully saturated rings. The van der Waals surface area contributed by atoms with Crippen molar-refractivity contribution in [2.45, 2.75) is 72.1 Å². The first-order chi connectivity index (χ1) is 10.9. The van der Waals surface area contributed by atoms with Crippen LogP contribution in [0, 0.1) is 11.3 Å². The maximum Gasteiger partial charge on any atom is 0.259 e. The average Bonchev–Trinajstić information content (AvgIpc) is 2.70. The van der Waals surface area contributed by atoms with E-state index >= 15 is 0 Å². The predicted molar refractivity (Wildman–Crippen MR) is 92.0 cm³/mol. The average molecular weight is 321 g/mol. The Balaban J connectivity index is 1.77. The highest BCUT2D eigenvalue weighted by Crippen LogP contribution is 2.36. The molecule has 1 N–H and O–H groups in total. The van der Waals surface area contributed by atoms with Gasteiger partial charge >= 0.3 is 0 Å². The Morgan fingerprint density at radius 3 is 2.52 bits per heavy atom. The molecule has 0 aromatic heterocycles. The van der Waals surface area contributed by atoms with E-state index < -0.39 is 0 Å². The van der Waals surface area contributed by atoms with E-state index in [1.807, 2.05) is 0 Å². The van der Waals surface area contributed by atoms with Gasteiger partial charge in [-0.1, -0.05) is 27.2 Å². The van der Waals surface area contributed by atoms with Crippen LogP contribution >= 0.6 is 0 Å². The lowest BCUT2D eigenvalue weighted by Gasteiger charge is -2.34. The van der Waals surface area contributed by atoms with Crippen LogP contribution in [0.5, 0.6) is 0 Å². The topological polar surface area (TPSA) is 61.8 Å². The summed E-state index contributed by atoms with van der Waals surface area (Å²) >= 11 is 0. The molecule has 2 aliphatic rings. The summed E-state index contributed by atoms with van der Waals surface area (Å²) < 4.78 is 0. The molecule has 0 aromatic carbocycles. The van der Waals surface area contributed by atoms with Crippen molar-refractivity contribution in [2.24, 2.45) is 16.4 Å². The Labute approximate surface area is 139 Å². The fourth-order valence-corrected chi connectivity index (χ4v) is 3.48. The van der Waals surface area contributed by atoms with Gasteiger partial charge in [0, 0.05) is 18.7 Å². The van der Waals surface area contributed by atoms with Gasteiger partial charge in [0.25, 0.3) is 5.91 Å². The maximum absolute atomic E-state index is 12.0. The SMILES string of the molecule is CC(C)(C)C1CCC(=NNC(=O)CN2CCCCCC2=O)CC1. The Bertz CT molecular complexity index is 455. The van der Waals surface area contributed by atoms with Crippen LogP contribution in [0.1, 0.15) is 72.1 Å². The van der Waals surface area contributed by atoms with Crippen molar-refractivity contribution in [1.82, 2.24) is 10.3 Å². The molecule has 0 bridgehead atoms. The Hall–Kier alpha value is -1.39. The van der Waals surface area contributed by atoms with Crippen molar-refractivity contribution < 1.29 is 9.59 Å². The molecule has 0 atom stereocenters. The Kier molecular flexibility index (Phi) is 6.19. The molecule has 5 heteroatoms. The van der Waals surface area contributed by atoms with E-state index in [1.165, 1.54) is 0 Å². The third-order valence-corrected chi connectivity index (χ3v) is 5.13. The first-order valence-corrected chi connectivity index (χ1v) is 8.98. The van der Waals surface area contributed by atoms with Crippen molar-refractivity contribution in [3.63, 3.8) is 0 Å². The van der Waals surface area contributed by atoms with Crippen LogP contribution in [0.4, 0.5) is 0 Å². The number of likely N-dealkylation sites (tertiary alicyclic amines) is 1. The molecule has 23 heavy (non-hydrogen) atoms. The second-order valence-electron chi connectivity index (χ2n) is 7.98. The molecule has 0 aromatic rings. The molecule has 1 saturated heterocycles. The van der Waals surface area contributed by atoms with Crippen LogP contribution < -0.4 is 5.43 Å². The number of hydrazone groups is 1. The molecule has 1 heterocycles. The van der Waals surface area contributed by atoms with Crippen molar-refractivity contribution in [2.75, 3.05) is 13.1 Å². The van der Waals surface area contributed by atoms with Crippen molar-refractivity contribution in [3.05, 3.63) is 0 Å². The van der Waals surface area contributed by atoms with Crippen molar-refractivity contribution >= 4 is 17.5 Å². The minimum absolute atomic E-state index is 0.0935. The van der Waals surface area contributed by atoms with E-state index in [0.717, 1.165) is 56.6 Å². The van der Waals surface area contributed by atoms with Gasteiger partial charge in [-0.05, 0) is 49.9 Å². The highest BCUT2D eigenvalue weighted by molar-refractivity contribution is 5.88. The zero-order valence-corrected chi connectivity index (χ0v) is 14.9. The zero-order chi connectivity index (χ0) is 16.9. The number of amides is 2. The maximum atomic E-state index is 12.0. The fraction of sp³-hybridized carbons (Fsp3) is 0.833. The van der Waals surface area contributed by atoms with Crippen molar-refractivity contribution in [1.29, 1.82) is 0 Å². The largest absolute Gasteiger partial charge is 0.333 e. The van der Waals surface area contributed by atoms with E-state index in [0.29, 0.717) is 18.4 Å². The molecule has 1 saturated carbocycles. The van der Waals surface area contributed by atoms with Gasteiger partial charge in [0.05, 0.1) is 0 Å². The molecule has 1 aliphatic carbocycles. The molecule has 5 nitrogen and oxygen atoms in total. The van der Waals surface area contributed by atoms with Crippen LogP contribution in [-0.4, -0.2) is 35.5 Å². The summed E-state index contributed by atoms with van der Waals surface area (Å²) in [4.78, 5) is 25.6. The smallest absolute Gasteiger partial charge is 0.259 e. The van der Waals surface area contributed by atoms with Crippen LogP contribution in [0.25, 0.3) is 0 Å². The summed E-state index contributed by atoms with van der Waals surface area (Å²) in [6.45, 7) is 7.70. The predicted octanol–water partition coefficient (Wildman–Crippen LogP) is 3.10. The second-order valence-corrected chi connectivity index (χ2v) is 7.98. The standard InChI is InChI=1S/C18H31N3O2/c1-18(2,3)14-8-10-15(11-9-14)19-20-16(22)13-21-12-6-4-5-7-17(21)23/h14H,4-13H2,1-3H3,(H,20,22). The summed E-state index contributed by atoms with van der Waals surface area (Å²) in [5, 5.41) is 4.29. The number of hydrogen-bond donors (Lipinski definition) is 1. The van der Waals surface area contributed by atoms with Crippen LogP contribution in [0.2, 0.25) is 0 Å². The van der Waals surface area contributed by atoms with Crippen molar-refractivity contribution in [3.8, 4) is 0 Å². The quantitative estimate of drug-likeness (QED) is 0.812. The van der Waals surface area contributed by atoms with E-state index in [1.54, 1.807) is 4.90 Å². The van der Waals surface area contributed by atoms with E-state index in [-0.39, 0.29) is 18.4 Å². The van der Waals surface area contributed by atoms with Crippen LogP contribution in [0.3, 0.4) is 0 Å². The molecule has 1 aliphatic heterocycles. The number of hydrogen-bond acceptors (Lipinski definition) is 3. The summed E-state index contributed by atoms with van der Waals surface area (Å²) in [6.07, 6.45) is 7.77. The highest BCUT2D eigenvalue weighted by atomic mass is 16.2. The van der Waals surface area contributed by atoms with Gasteiger partial charge in [-0.15, -0.1) is 0 Å². The van der Waals surface area contributed by atoms with Gasteiger partial charge in [-0.2, -0.15) is 5.10 Å². The summed E-state index contributed by atoms with van der Waals surface area (Å²) in [7, 11) is 0. The van der Waals surface area contributed by atoms with Crippen LogP contribution in [0.15, 0.2) is 5.10 Å². The highest BCUT2D eigenvalue weighted by Gasteiger charge is 2.28. The normalized spacial score (nSPS) is 23.4. The first-order valence-electron chi connectivity index (χ1n) is 8.98. The van der Waals surface area contributed by atoms with E-state index in [2.05, 4.69) is 31.3 Å². The summed E-state index contributed by atoms with van der Waals surface area (Å²) in [5.41, 5.74) is 4.08. The lowest BCUT2D eigenvalue weighted by molar-refractivity contribution is -0.135. The van der Waals surface area contributed by atoms with Gasteiger partial charge < -0.3 is 4.90 Å². The molecule has 0 unspecified atom stereocenters. The number of nitrogens with one attached hydrogen (secondary N) is 1. The van der Waals surface area contributed by atoms with Crippen LogP contribution in [-0.2, 0) is 9.59 Å². The third-order valence-electron chi connectivity index (χ3n) is 5.13. The Morgan fingerprint density at radius 2 is 1.87 bits per heavy atom. The summed E-state index contributed by atoms with van der Waals surface area (Å²) in [5.74, 6) is 0.647. The molecular formula is C18H31N3O2. The Morgan fingerprint density at radius 1 is 1.17 bits per heavy atom. The zero-order valence-electron chi connectivity index (χ0n) is 14.9. The molecule has 2 amide bonds. The minimum Gasteiger partial charge on any atom is -0.333 e. The molecule has 130 valence electrons.